The summed E-state index contributed by atoms with van der Waals surface area (Å²) in [7, 11) is 2.17. The minimum Gasteiger partial charge on any atom is -0.337 e. The monoisotopic (exact) mass is 322 g/mol. The average Bonchev–Trinajstić information content (AvgIpc) is 2.89. The molecule has 3 atom stereocenters. The van der Waals surface area contributed by atoms with Crippen LogP contribution in [0.25, 0.3) is 0 Å². The standard InChI is InChI=1S/C20H26N4/c1-4-14-10-11-19-23(3)20-18(12-21-13-22-20)24(19)17-9-7-6-8-16(17)15(14)5-2/h6-9,12-15,19H,4-5,10-11H2,1-3H3. The maximum Gasteiger partial charge on any atom is 0.157 e. The molecule has 2 aliphatic rings. The fraction of sp³-hybridized carbons (Fsp3) is 0.500. The van der Waals surface area contributed by atoms with Crippen LogP contribution in [0, 0.1) is 5.92 Å². The molecule has 4 heteroatoms. The van der Waals surface area contributed by atoms with Gasteiger partial charge in [0.15, 0.2) is 5.82 Å². The zero-order valence-electron chi connectivity index (χ0n) is 14.8. The Morgan fingerprint density at radius 3 is 2.71 bits per heavy atom. The molecule has 126 valence electrons. The summed E-state index contributed by atoms with van der Waals surface area (Å²) in [5.41, 5.74) is 3.97. The average molecular weight is 322 g/mol. The first-order chi connectivity index (χ1) is 11.8. The molecule has 0 N–H and O–H groups in total. The molecule has 4 nitrogen and oxygen atoms in total. The van der Waals surface area contributed by atoms with E-state index in [9.17, 15) is 0 Å². The second-order valence-electron chi connectivity index (χ2n) is 7.01. The first-order valence-electron chi connectivity index (χ1n) is 9.17. The van der Waals surface area contributed by atoms with E-state index < -0.39 is 0 Å². The van der Waals surface area contributed by atoms with Crippen LogP contribution in [-0.2, 0) is 0 Å². The molecule has 0 bridgehead atoms. The van der Waals surface area contributed by atoms with E-state index in [2.05, 4.69) is 64.9 Å². The summed E-state index contributed by atoms with van der Waals surface area (Å²) in [4.78, 5) is 13.6. The molecule has 4 rings (SSSR count). The number of nitrogens with zero attached hydrogens (tertiary/aromatic N) is 4. The van der Waals surface area contributed by atoms with E-state index in [1.807, 2.05) is 6.20 Å². The lowest BCUT2D eigenvalue weighted by Gasteiger charge is -2.39. The molecule has 0 amide bonds. The molecule has 3 heterocycles. The van der Waals surface area contributed by atoms with Gasteiger partial charge in [0.25, 0.3) is 0 Å². The highest BCUT2D eigenvalue weighted by atomic mass is 15.4. The Morgan fingerprint density at radius 2 is 1.92 bits per heavy atom. The van der Waals surface area contributed by atoms with Gasteiger partial charge in [0.2, 0.25) is 0 Å². The number of para-hydroxylation sites is 1. The van der Waals surface area contributed by atoms with Gasteiger partial charge in [0.05, 0.1) is 6.20 Å². The summed E-state index contributed by atoms with van der Waals surface area (Å²) >= 11 is 0. The van der Waals surface area contributed by atoms with E-state index in [4.69, 9.17) is 0 Å². The van der Waals surface area contributed by atoms with Gasteiger partial charge in [-0.1, -0.05) is 38.5 Å². The van der Waals surface area contributed by atoms with E-state index >= 15 is 0 Å². The maximum atomic E-state index is 4.55. The van der Waals surface area contributed by atoms with Gasteiger partial charge >= 0.3 is 0 Å². The topological polar surface area (TPSA) is 32.3 Å². The highest BCUT2D eigenvalue weighted by molar-refractivity contribution is 5.81. The molecule has 0 aliphatic carbocycles. The predicted octanol–water partition coefficient (Wildman–Crippen LogP) is 4.70. The van der Waals surface area contributed by atoms with Crippen LogP contribution in [-0.4, -0.2) is 23.2 Å². The number of aromatic nitrogens is 2. The van der Waals surface area contributed by atoms with Gasteiger partial charge in [-0.15, -0.1) is 0 Å². The van der Waals surface area contributed by atoms with Crippen molar-refractivity contribution in [3.8, 4) is 0 Å². The molecule has 0 saturated heterocycles. The number of rotatable bonds is 2. The van der Waals surface area contributed by atoms with Crippen LogP contribution in [0.5, 0.6) is 0 Å². The van der Waals surface area contributed by atoms with E-state index in [1.54, 1.807) is 6.33 Å². The Labute approximate surface area is 144 Å². The Balaban J connectivity index is 1.91. The smallest absolute Gasteiger partial charge is 0.157 e. The minimum atomic E-state index is 0.338. The fourth-order valence-corrected chi connectivity index (χ4v) is 4.73. The zero-order chi connectivity index (χ0) is 16.7. The van der Waals surface area contributed by atoms with Crippen LogP contribution >= 0.6 is 0 Å². The molecule has 0 saturated carbocycles. The molecule has 0 spiro atoms. The minimum absolute atomic E-state index is 0.338. The third-order valence-electron chi connectivity index (χ3n) is 5.94. The van der Waals surface area contributed by atoms with Gasteiger partial charge in [-0.05, 0) is 42.7 Å². The van der Waals surface area contributed by atoms with Gasteiger partial charge in [-0.2, -0.15) is 0 Å². The van der Waals surface area contributed by atoms with Crippen molar-refractivity contribution < 1.29 is 0 Å². The lowest BCUT2D eigenvalue weighted by Crippen LogP contribution is -2.41. The molecule has 2 aromatic rings. The van der Waals surface area contributed by atoms with Crippen LogP contribution in [0.3, 0.4) is 0 Å². The highest BCUT2D eigenvalue weighted by Gasteiger charge is 2.40. The van der Waals surface area contributed by atoms with Crippen molar-refractivity contribution >= 4 is 17.2 Å². The molecule has 1 aromatic carbocycles. The second kappa shape index (κ2) is 6.08. The quantitative estimate of drug-likeness (QED) is 0.802. The van der Waals surface area contributed by atoms with Crippen molar-refractivity contribution in [1.29, 1.82) is 0 Å². The second-order valence-corrected chi connectivity index (χ2v) is 7.01. The number of anilines is 3. The Kier molecular flexibility index (Phi) is 3.91. The molecular formula is C20H26N4. The summed E-state index contributed by atoms with van der Waals surface area (Å²) in [6.07, 6.45) is 8.83. The molecule has 24 heavy (non-hydrogen) atoms. The molecule has 0 fully saturated rings. The number of hydrogen-bond acceptors (Lipinski definition) is 4. The highest BCUT2D eigenvalue weighted by Crippen LogP contribution is 2.49. The van der Waals surface area contributed by atoms with Crippen LogP contribution in [0.1, 0.15) is 51.0 Å². The fourth-order valence-electron chi connectivity index (χ4n) is 4.73. The van der Waals surface area contributed by atoms with E-state index in [1.165, 1.54) is 30.5 Å². The SMILES string of the molecule is CCC1CCC2N(C)c3ncncc3N2c2ccccc2C1CC. The van der Waals surface area contributed by atoms with Crippen molar-refractivity contribution in [3.05, 3.63) is 42.4 Å². The van der Waals surface area contributed by atoms with Gasteiger partial charge < -0.3 is 9.80 Å². The van der Waals surface area contributed by atoms with E-state index in [-0.39, 0.29) is 0 Å². The molecular weight excluding hydrogens is 296 g/mol. The molecule has 0 radical (unpaired) electrons. The largest absolute Gasteiger partial charge is 0.337 e. The van der Waals surface area contributed by atoms with Crippen LogP contribution < -0.4 is 9.80 Å². The number of fused-ring (bicyclic) bond motifs is 5. The zero-order valence-corrected chi connectivity index (χ0v) is 14.8. The molecule has 1 aromatic heterocycles. The van der Waals surface area contributed by atoms with E-state index in [0.29, 0.717) is 12.1 Å². The molecule has 3 unspecified atom stereocenters. The van der Waals surface area contributed by atoms with Crippen LogP contribution in [0.15, 0.2) is 36.8 Å². The normalized spacial score (nSPS) is 25.5. The lowest BCUT2D eigenvalue weighted by atomic mass is 9.77. The lowest BCUT2D eigenvalue weighted by molar-refractivity contribution is 0.344. The third-order valence-corrected chi connectivity index (χ3v) is 5.94. The van der Waals surface area contributed by atoms with Gasteiger partial charge in [-0.3, -0.25) is 0 Å². The summed E-state index contributed by atoms with van der Waals surface area (Å²) in [6.45, 7) is 4.67. The van der Waals surface area contributed by atoms with Crippen LogP contribution in [0.4, 0.5) is 17.2 Å². The van der Waals surface area contributed by atoms with Crippen molar-refractivity contribution in [1.82, 2.24) is 9.97 Å². The first kappa shape index (κ1) is 15.4. The number of hydrogen-bond donors (Lipinski definition) is 0. The van der Waals surface area contributed by atoms with Crippen molar-refractivity contribution in [2.75, 3.05) is 16.8 Å². The van der Waals surface area contributed by atoms with Gasteiger partial charge in [-0.25, -0.2) is 9.97 Å². The van der Waals surface area contributed by atoms with Crippen molar-refractivity contribution in [3.63, 3.8) is 0 Å². The first-order valence-corrected chi connectivity index (χ1v) is 9.17. The van der Waals surface area contributed by atoms with Gasteiger partial charge in [0, 0.05) is 12.7 Å². The Hall–Kier alpha value is -2.10. The third kappa shape index (κ3) is 2.20. The van der Waals surface area contributed by atoms with Crippen molar-refractivity contribution in [2.24, 2.45) is 5.92 Å². The van der Waals surface area contributed by atoms with Crippen LogP contribution in [0.2, 0.25) is 0 Å². The number of benzene rings is 1. The maximum absolute atomic E-state index is 4.55. The summed E-state index contributed by atoms with van der Waals surface area (Å²) in [5.74, 6) is 2.43. The van der Waals surface area contributed by atoms with Crippen molar-refractivity contribution in [2.45, 2.75) is 51.6 Å². The summed E-state index contributed by atoms with van der Waals surface area (Å²) < 4.78 is 0. The summed E-state index contributed by atoms with van der Waals surface area (Å²) in [5, 5.41) is 0. The van der Waals surface area contributed by atoms with Gasteiger partial charge in [0.1, 0.15) is 18.2 Å². The molecule has 2 aliphatic heterocycles. The Morgan fingerprint density at radius 1 is 1.08 bits per heavy atom. The summed E-state index contributed by atoms with van der Waals surface area (Å²) in [6, 6.07) is 8.95. The van der Waals surface area contributed by atoms with E-state index in [0.717, 1.165) is 23.8 Å². The Bertz CT molecular complexity index is 729. The predicted molar refractivity (Wildman–Crippen MR) is 98.9 cm³/mol.